The van der Waals surface area contributed by atoms with Gasteiger partial charge in [0.1, 0.15) is 0 Å². The minimum atomic E-state index is -4.12. The van der Waals surface area contributed by atoms with Crippen molar-refractivity contribution < 1.29 is 17.9 Å². The average Bonchev–Trinajstić information content (AvgIpc) is 2.43. The molecule has 1 rings (SSSR count). The van der Waals surface area contributed by atoms with Gasteiger partial charge in [0.25, 0.3) is 0 Å². The lowest BCUT2D eigenvalue weighted by atomic mass is 9.87. The van der Waals surface area contributed by atoms with Crippen molar-refractivity contribution in [1.29, 1.82) is 0 Å². The van der Waals surface area contributed by atoms with Crippen LogP contribution in [0.5, 0.6) is 0 Å². The topological polar surface area (TPSA) is 21.3 Å². The molecule has 17 heavy (non-hydrogen) atoms. The molecule has 102 valence electrons. The van der Waals surface area contributed by atoms with E-state index in [4.69, 9.17) is 4.74 Å². The minimum absolute atomic E-state index is 0.0905. The van der Waals surface area contributed by atoms with Crippen molar-refractivity contribution in [2.75, 3.05) is 13.2 Å². The molecule has 2 unspecified atom stereocenters. The first-order valence-corrected chi connectivity index (χ1v) is 6.18. The third-order valence-corrected chi connectivity index (χ3v) is 3.43. The molecule has 1 fully saturated rings. The molecule has 0 saturated heterocycles. The Bertz CT molecular complexity index is 240. The lowest BCUT2D eigenvalue weighted by molar-refractivity contribution is -0.150. The normalized spacial score (nSPS) is 28.6. The van der Waals surface area contributed by atoms with E-state index in [0.717, 1.165) is 19.4 Å². The molecular formula is C12H22F3NO. The molecule has 0 aromatic carbocycles. The predicted molar refractivity (Wildman–Crippen MR) is 60.9 cm³/mol. The Labute approximate surface area is 101 Å². The van der Waals surface area contributed by atoms with E-state index < -0.39 is 12.6 Å². The van der Waals surface area contributed by atoms with Crippen LogP contribution in [-0.2, 0) is 4.74 Å². The largest absolute Gasteiger partial charge is 0.391 e. The molecule has 0 aromatic rings. The molecule has 1 N–H and O–H groups in total. The molecule has 0 heterocycles. The summed E-state index contributed by atoms with van der Waals surface area (Å²) in [5.41, 5.74) is 0.0961. The van der Waals surface area contributed by atoms with E-state index in [1.165, 1.54) is 0 Å². The van der Waals surface area contributed by atoms with E-state index in [9.17, 15) is 13.2 Å². The maximum absolute atomic E-state index is 12.0. The molecule has 0 amide bonds. The van der Waals surface area contributed by atoms with Gasteiger partial charge < -0.3 is 10.1 Å². The first-order valence-electron chi connectivity index (χ1n) is 6.18. The quantitative estimate of drug-likeness (QED) is 0.812. The van der Waals surface area contributed by atoms with Gasteiger partial charge in [-0.1, -0.05) is 20.8 Å². The Morgan fingerprint density at radius 2 is 2.00 bits per heavy atom. The van der Waals surface area contributed by atoms with Crippen LogP contribution in [0.4, 0.5) is 13.2 Å². The highest BCUT2D eigenvalue weighted by molar-refractivity contribution is 4.97. The van der Waals surface area contributed by atoms with Crippen molar-refractivity contribution in [3.05, 3.63) is 0 Å². The van der Waals surface area contributed by atoms with Gasteiger partial charge in [-0.3, -0.25) is 0 Å². The Morgan fingerprint density at radius 1 is 1.35 bits per heavy atom. The number of halogens is 3. The van der Waals surface area contributed by atoms with Gasteiger partial charge in [-0.25, -0.2) is 0 Å². The van der Waals surface area contributed by atoms with Crippen molar-refractivity contribution in [1.82, 2.24) is 5.32 Å². The summed E-state index contributed by atoms with van der Waals surface area (Å²) in [5, 5.41) is 3.33. The van der Waals surface area contributed by atoms with Gasteiger partial charge in [-0.2, -0.15) is 13.2 Å². The first kappa shape index (κ1) is 14.8. The van der Waals surface area contributed by atoms with E-state index in [0.29, 0.717) is 0 Å². The summed E-state index contributed by atoms with van der Waals surface area (Å²) in [7, 11) is 0. The highest BCUT2D eigenvalue weighted by Gasteiger charge is 2.42. The molecule has 0 aliphatic heterocycles. The van der Waals surface area contributed by atoms with Crippen LogP contribution >= 0.6 is 0 Å². The fourth-order valence-electron chi connectivity index (χ4n) is 2.47. The number of hydrogen-bond acceptors (Lipinski definition) is 2. The predicted octanol–water partition coefficient (Wildman–Crippen LogP) is 3.12. The molecule has 1 aliphatic carbocycles. The van der Waals surface area contributed by atoms with E-state index in [-0.39, 0.29) is 24.2 Å². The molecule has 0 spiro atoms. The number of ether oxygens (including phenoxy) is 1. The van der Waals surface area contributed by atoms with Gasteiger partial charge in [0, 0.05) is 6.04 Å². The van der Waals surface area contributed by atoms with Crippen LogP contribution in [0, 0.1) is 5.41 Å². The van der Waals surface area contributed by atoms with Crippen LogP contribution in [-0.4, -0.2) is 31.5 Å². The third-order valence-electron chi connectivity index (χ3n) is 3.43. The van der Waals surface area contributed by atoms with E-state index in [2.05, 4.69) is 19.2 Å². The highest BCUT2D eigenvalue weighted by Crippen LogP contribution is 2.39. The zero-order chi connectivity index (χ0) is 13.1. The fourth-order valence-corrected chi connectivity index (χ4v) is 2.47. The zero-order valence-corrected chi connectivity index (χ0v) is 10.7. The second-order valence-corrected chi connectivity index (χ2v) is 5.34. The van der Waals surface area contributed by atoms with Gasteiger partial charge in [0.2, 0.25) is 0 Å². The summed E-state index contributed by atoms with van der Waals surface area (Å²) in [4.78, 5) is 0. The lowest BCUT2D eigenvalue weighted by Gasteiger charge is -2.31. The van der Waals surface area contributed by atoms with Crippen molar-refractivity contribution in [3.63, 3.8) is 0 Å². The molecular weight excluding hydrogens is 231 g/mol. The van der Waals surface area contributed by atoms with Crippen molar-refractivity contribution >= 4 is 0 Å². The smallest absolute Gasteiger partial charge is 0.376 e. The maximum Gasteiger partial charge on any atom is 0.391 e. The summed E-state index contributed by atoms with van der Waals surface area (Å²) >= 11 is 0. The van der Waals surface area contributed by atoms with Crippen molar-refractivity contribution in [2.45, 2.75) is 58.4 Å². The molecule has 0 aromatic heterocycles. The van der Waals surface area contributed by atoms with E-state index in [1.54, 1.807) is 0 Å². The number of hydrogen-bond donors (Lipinski definition) is 1. The average molecular weight is 253 g/mol. The van der Waals surface area contributed by atoms with Crippen LogP contribution in [0.1, 0.15) is 40.0 Å². The molecule has 5 heteroatoms. The van der Waals surface area contributed by atoms with Gasteiger partial charge in [-0.05, 0) is 24.8 Å². The highest BCUT2D eigenvalue weighted by atomic mass is 19.4. The summed E-state index contributed by atoms with van der Waals surface area (Å²) in [6.45, 7) is 6.85. The monoisotopic (exact) mass is 253 g/mol. The van der Waals surface area contributed by atoms with E-state index in [1.807, 2.05) is 6.92 Å². The van der Waals surface area contributed by atoms with Crippen LogP contribution in [0.3, 0.4) is 0 Å². The third kappa shape index (κ3) is 4.47. The summed E-state index contributed by atoms with van der Waals surface area (Å²) in [6, 6.07) is 0.153. The van der Waals surface area contributed by atoms with Gasteiger partial charge >= 0.3 is 6.18 Å². The van der Waals surface area contributed by atoms with Crippen LogP contribution in [0.15, 0.2) is 0 Å². The minimum Gasteiger partial charge on any atom is -0.376 e. The van der Waals surface area contributed by atoms with Gasteiger partial charge in [-0.15, -0.1) is 0 Å². The first-order chi connectivity index (χ1) is 7.76. The standard InChI is InChI=1S/C12H22F3NO/c1-4-16-10-9(5-6-11(10,2)3)17-8-7-12(13,14)15/h9-10,16H,4-8H2,1-3H3. The molecule has 1 saturated carbocycles. The summed E-state index contributed by atoms with van der Waals surface area (Å²) < 4.78 is 41.5. The van der Waals surface area contributed by atoms with Crippen molar-refractivity contribution in [2.24, 2.45) is 5.41 Å². The van der Waals surface area contributed by atoms with E-state index >= 15 is 0 Å². The second kappa shape index (κ2) is 5.57. The molecule has 2 nitrogen and oxygen atoms in total. The second-order valence-electron chi connectivity index (χ2n) is 5.34. The molecule has 0 radical (unpaired) electrons. The molecule has 1 aliphatic rings. The Hall–Kier alpha value is -0.290. The maximum atomic E-state index is 12.0. The van der Waals surface area contributed by atoms with Crippen LogP contribution < -0.4 is 5.32 Å². The van der Waals surface area contributed by atoms with Gasteiger partial charge in [0.15, 0.2) is 0 Å². The van der Waals surface area contributed by atoms with Crippen LogP contribution in [0.25, 0.3) is 0 Å². The number of alkyl halides is 3. The van der Waals surface area contributed by atoms with Crippen molar-refractivity contribution in [3.8, 4) is 0 Å². The SMILES string of the molecule is CCNC1C(OCCC(F)(F)F)CCC1(C)C. The summed E-state index contributed by atoms with van der Waals surface area (Å²) in [6.07, 6.45) is -3.25. The van der Waals surface area contributed by atoms with Crippen LogP contribution in [0.2, 0.25) is 0 Å². The number of likely N-dealkylation sites (N-methyl/N-ethyl adjacent to an activating group) is 1. The number of rotatable bonds is 5. The number of nitrogens with one attached hydrogen (secondary N) is 1. The Balaban J connectivity index is 2.42. The molecule has 2 atom stereocenters. The molecule has 0 bridgehead atoms. The lowest BCUT2D eigenvalue weighted by Crippen LogP contribution is -2.45. The zero-order valence-electron chi connectivity index (χ0n) is 10.7. The summed E-state index contributed by atoms with van der Waals surface area (Å²) in [5.74, 6) is 0. The Kier molecular flexibility index (Phi) is 4.84. The van der Waals surface area contributed by atoms with Gasteiger partial charge in [0.05, 0.1) is 19.1 Å². The Morgan fingerprint density at radius 3 is 2.53 bits per heavy atom. The fraction of sp³-hybridized carbons (Fsp3) is 1.00.